The van der Waals surface area contributed by atoms with E-state index < -0.39 is 11.8 Å². The molecule has 1 aromatic heterocycles. The summed E-state index contributed by atoms with van der Waals surface area (Å²) in [6.45, 7) is 0. The number of carbonyl (C=O) groups is 1. The number of benzene rings is 3. The van der Waals surface area contributed by atoms with Gasteiger partial charge in [-0.25, -0.2) is 9.18 Å². The quantitative estimate of drug-likeness (QED) is 0.470. The summed E-state index contributed by atoms with van der Waals surface area (Å²) in [7, 11) is 0. The molecule has 0 fully saturated rings. The first-order valence-corrected chi connectivity index (χ1v) is 8.57. The number of rotatable bonds is 3. The topological polar surface area (TPSA) is 117 Å². The van der Waals surface area contributed by atoms with Gasteiger partial charge in [-0.2, -0.15) is 5.26 Å². The summed E-state index contributed by atoms with van der Waals surface area (Å²) in [6, 6.07) is 17.7. The zero-order chi connectivity index (χ0) is 20.4. The number of hydrogen-bond donors (Lipinski definition) is 3. The Labute approximate surface area is 164 Å². The summed E-state index contributed by atoms with van der Waals surface area (Å²) in [4.78, 5) is 12.2. The Balaban J connectivity index is 1.50. The molecule has 0 saturated heterocycles. The smallest absolute Gasteiger partial charge is 0.323 e. The molecule has 29 heavy (non-hydrogen) atoms. The second kappa shape index (κ2) is 7.32. The Bertz CT molecular complexity index is 1260. The van der Waals surface area contributed by atoms with Crippen molar-refractivity contribution in [2.24, 2.45) is 0 Å². The molecule has 0 saturated carbocycles. The fourth-order valence-electron chi connectivity index (χ4n) is 2.97. The molecular weight excluding hydrogens is 373 g/mol. The van der Waals surface area contributed by atoms with Gasteiger partial charge in [0.05, 0.1) is 10.9 Å². The lowest BCUT2D eigenvalue weighted by Gasteiger charge is -2.09. The summed E-state index contributed by atoms with van der Waals surface area (Å²) < 4.78 is 18.5. The number of aromatic nitrogens is 1. The summed E-state index contributed by atoms with van der Waals surface area (Å²) in [6.07, 6.45) is 0. The zero-order valence-electron chi connectivity index (χ0n) is 14.9. The Morgan fingerprint density at radius 1 is 1.07 bits per heavy atom. The molecule has 4 N–H and O–H groups in total. The number of halogens is 1. The second-order valence-electron chi connectivity index (χ2n) is 6.21. The highest BCUT2D eigenvalue weighted by Crippen LogP contribution is 2.32. The number of urea groups is 1. The summed E-state index contributed by atoms with van der Waals surface area (Å²) in [5, 5.41) is 18.6. The average Bonchev–Trinajstić information content (AvgIpc) is 3.11. The van der Waals surface area contributed by atoms with Crippen LogP contribution in [0.15, 0.2) is 65.2 Å². The minimum Gasteiger partial charge on any atom is -0.380 e. The van der Waals surface area contributed by atoms with Crippen molar-refractivity contribution in [2.75, 3.05) is 16.4 Å². The highest BCUT2D eigenvalue weighted by atomic mass is 19.1. The van der Waals surface area contributed by atoms with Crippen LogP contribution >= 0.6 is 0 Å². The monoisotopic (exact) mass is 387 g/mol. The zero-order valence-corrected chi connectivity index (χ0v) is 14.9. The Morgan fingerprint density at radius 2 is 1.79 bits per heavy atom. The molecule has 4 aromatic rings. The van der Waals surface area contributed by atoms with Gasteiger partial charge in [-0.1, -0.05) is 29.4 Å². The molecule has 0 bridgehead atoms. The van der Waals surface area contributed by atoms with Crippen LogP contribution in [0.1, 0.15) is 5.56 Å². The van der Waals surface area contributed by atoms with E-state index in [1.54, 1.807) is 24.3 Å². The van der Waals surface area contributed by atoms with Gasteiger partial charge in [0.15, 0.2) is 11.4 Å². The summed E-state index contributed by atoms with van der Waals surface area (Å²) in [5.41, 5.74) is 8.97. The van der Waals surface area contributed by atoms with Gasteiger partial charge in [-0.05, 0) is 47.5 Å². The van der Waals surface area contributed by atoms with Crippen LogP contribution in [0.25, 0.3) is 22.1 Å². The van der Waals surface area contributed by atoms with E-state index in [0.717, 1.165) is 22.6 Å². The predicted octanol–water partition coefficient (Wildman–Crippen LogP) is 4.73. The maximum atomic E-state index is 13.4. The molecule has 2 amide bonds. The fraction of sp³-hybridized carbons (Fsp3) is 0. The van der Waals surface area contributed by atoms with E-state index in [4.69, 9.17) is 15.5 Å². The number of hydrogen-bond acceptors (Lipinski definition) is 5. The molecule has 0 aliphatic heterocycles. The van der Waals surface area contributed by atoms with Gasteiger partial charge in [0, 0.05) is 11.4 Å². The van der Waals surface area contributed by atoms with E-state index in [2.05, 4.69) is 15.8 Å². The number of nitrogens with zero attached hydrogens (tertiary/aromatic N) is 2. The van der Waals surface area contributed by atoms with Gasteiger partial charge in [0.1, 0.15) is 11.9 Å². The molecule has 0 spiro atoms. The highest BCUT2D eigenvalue weighted by Gasteiger charge is 2.12. The number of nitrogens with two attached hydrogens (primary N) is 1. The van der Waals surface area contributed by atoms with Crippen LogP contribution in [-0.4, -0.2) is 11.2 Å². The number of nitriles is 1. The second-order valence-corrected chi connectivity index (χ2v) is 6.21. The Kier molecular flexibility index (Phi) is 4.55. The average molecular weight is 387 g/mol. The molecule has 3 aromatic carbocycles. The molecule has 142 valence electrons. The Hall–Kier alpha value is -4.38. The molecule has 0 aliphatic carbocycles. The van der Waals surface area contributed by atoms with Crippen molar-refractivity contribution in [2.45, 2.75) is 0 Å². The molecule has 4 rings (SSSR count). The van der Waals surface area contributed by atoms with Gasteiger partial charge >= 0.3 is 6.03 Å². The lowest BCUT2D eigenvalue weighted by atomic mass is 10.0. The van der Waals surface area contributed by atoms with Crippen LogP contribution in [-0.2, 0) is 0 Å². The first kappa shape index (κ1) is 18.0. The highest BCUT2D eigenvalue weighted by molar-refractivity contribution is 6.02. The van der Waals surface area contributed by atoms with Crippen molar-refractivity contribution in [3.05, 3.63) is 72.0 Å². The molecule has 8 heteroatoms. The van der Waals surface area contributed by atoms with Gasteiger partial charge in [0.25, 0.3) is 0 Å². The maximum Gasteiger partial charge on any atom is 0.323 e. The molecular formula is C21H14FN5O2. The number of anilines is 3. The normalized spacial score (nSPS) is 10.5. The number of fused-ring (bicyclic) bond motifs is 1. The number of nitrogens with one attached hydrogen (secondary N) is 2. The first-order chi connectivity index (χ1) is 14.0. The third kappa shape index (κ3) is 3.57. The van der Waals surface area contributed by atoms with E-state index in [1.165, 1.54) is 12.1 Å². The summed E-state index contributed by atoms with van der Waals surface area (Å²) >= 11 is 0. The van der Waals surface area contributed by atoms with Gasteiger partial charge in [-0.15, -0.1) is 0 Å². The largest absolute Gasteiger partial charge is 0.380 e. The van der Waals surface area contributed by atoms with Crippen LogP contribution in [0.2, 0.25) is 0 Å². The van der Waals surface area contributed by atoms with Crippen LogP contribution < -0.4 is 16.4 Å². The Morgan fingerprint density at radius 3 is 2.55 bits per heavy atom. The van der Waals surface area contributed by atoms with Crippen LogP contribution in [0.5, 0.6) is 0 Å². The lowest BCUT2D eigenvalue weighted by Crippen LogP contribution is -2.19. The van der Waals surface area contributed by atoms with E-state index in [-0.39, 0.29) is 5.56 Å². The van der Waals surface area contributed by atoms with E-state index in [9.17, 15) is 9.18 Å². The van der Waals surface area contributed by atoms with Gasteiger partial charge < -0.3 is 20.9 Å². The maximum absolute atomic E-state index is 13.4. The number of nitrogen functional groups attached to an aromatic ring is 1. The van der Waals surface area contributed by atoms with Crippen molar-refractivity contribution in [3.8, 4) is 17.2 Å². The minimum atomic E-state index is -0.641. The van der Waals surface area contributed by atoms with Crippen molar-refractivity contribution >= 4 is 34.2 Å². The van der Waals surface area contributed by atoms with Crippen molar-refractivity contribution in [1.29, 1.82) is 5.26 Å². The number of amides is 2. The van der Waals surface area contributed by atoms with Crippen molar-refractivity contribution in [3.63, 3.8) is 0 Å². The molecule has 0 atom stereocenters. The SMILES string of the molecule is N#Cc1cc(NC(=O)Nc2ccc(-c3cccc4onc(N)c34)cc2)ccc1F. The standard InChI is InChI=1S/C21H14FN5O2/c22-17-9-8-15(10-13(17)11-23)26-21(28)25-14-6-4-12(5-7-14)16-2-1-3-18-19(16)20(24)27-29-18/h1-10H,(H2,24,27)(H2,25,26,28). The van der Waals surface area contributed by atoms with Crippen LogP contribution in [0.4, 0.5) is 26.4 Å². The predicted molar refractivity (Wildman–Crippen MR) is 108 cm³/mol. The molecule has 1 heterocycles. The molecule has 7 nitrogen and oxygen atoms in total. The molecule has 0 radical (unpaired) electrons. The van der Waals surface area contributed by atoms with Gasteiger partial charge in [0.2, 0.25) is 0 Å². The fourth-order valence-corrected chi connectivity index (χ4v) is 2.97. The lowest BCUT2D eigenvalue weighted by molar-refractivity contribution is 0.262. The minimum absolute atomic E-state index is 0.144. The van der Waals surface area contributed by atoms with Crippen LogP contribution in [0, 0.1) is 17.1 Å². The summed E-state index contributed by atoms with van der Waals surface area (Å²) in [5.74, 6) is -0.328. The van der Waals surface area contributed by atoms with Gasteiger partial charge in [-0.3, -0.25) is 0 Å². The van der Waals surface area contributed by atoms with Crippen molar-refractivity contribution < 1.29 is 13.7 Å². The first-order valence-electron chi connectivity index (χ1n) is 8.57. The van der Waals surface area contributed by atoms with E-state index in [1.807, 2.05) is 24.3 Å². The van der Waals surface area contributed by atoms with Crippen LogP contribution in [0.3, 0.4) is 0 Å². The molecule has 0 unspecified atom stereocenters. The van der Waals surface area contributed by atoms with E-state index in [0.29, 0.717) is 22.8 Å². The van der Waals surface area contributed by atoms with E-state index >= 15 is 0 Å². The third-order valence-corrected chi connectivity index (χ3v) is 4.32. The number of carbonyl (C=O) groups excluding carboxylic acids is 1. The molecule has 0 aliphatic rings. The van der Waals surface area contributed by atoms with Crippen molar-refractivity contribution in [1.82, 2.24) is 5.16 Å². The third-order valence-electron chi connectivity index (χ3n) is 4.32.